The van der Waals surface area contributed by atoms with Gasteiger partial charge in [0.1, 0.15) is 6.61 Å². The minimum atomic E-state index is -0.548. The Kier molecular flexibility index (Phi) is 4.90. The summed E-state index contributed by atoms with van der Waals surface area (Å²) in [5.74, 6) is -0.252. The van der Waals surface area contributed by atoms with Crippen molar-refractivity contribution in [3.05, 3.63) is 0 Å². The van der Waals surface area contributed by atoms with Crippen LogP contribution >= 0.6 is 23.6 Å². The summed E-state index contributed by atoms with van der Waals surface area (Å²) in [6.07, 6.45) is 0.362. The van der Waals surface area contributed by atoms with E-state index in [4.69, 9.17) is 28.3 Å². The predicted molar refractivity (Wildman–Crippen MR) is 48.9 cm³/mol. The Morgan fingerprint density at radius 2 is 2.00 bits per heavy atom. The zero-order valence-electron chi connectivity index (χ0n) is 7.43. The zero-order chi connectivity index (χ0) is 9.78. The molecule has 0 saturated heterocycles. The number of hydrogen-bond donors (Lipinski definition) is 0. The van der Waals surface area contributed by atoms with Crippen LogP contribution in [0.2, 0.25) is 0 Å². The van der Waals surface area contributed by atoms with Crippen LogP contribution in [0.4, 0.5) is 0 Å². The van der Waals surface area contributed by atoms with E-state index < -0.39 is 5.54 Å². The second-order valence-electron chi connectivity index (χ2n) is 3.06. The molecule has 0 N–H and O–H groups in total. The summed E-state index contributed by atoms with van der Waals surface area (Å²) in [7, 11) is 0. The van der Waals surface area contributed by atoms with Crippen LogP contribution < -0.4 is 0 Å². The summed E-state index contributed by atoms with van der Waals surface area (Å²) in [6.45, 7) is 5.47. The summed E-state index contributed by atoms with van der Waals surface area (Å²) in [6, 6.07) is 0. The van der Waals surface area contributed by atoms with E-state index >= 15 is 0 Å². The van der Waals surface area contributed by atoms with E-state index in [2.05, 4.69) is 0 Å². The summed E-state index contributed by atoms with van der Waals surface area (Å²) in [4.78, 5) is 10.8. The molecule has 0 aliphatic carbocycles. The molecule has 0 bridgehead atoms. The number of hydrogen-bond acceptors (Lipinski definition) is 3. The van der Waals surface area contributed by atoms with Gasteiger partial charge in [-0.2, -0.15) is 0 Å². The molecular formula is C7H13Cl2NO2. The standard InChI is InChI=1S/C7H13Cl2NO2/c1-4-6(11)12-5-7(2,3)10(8)9/h4-5H2,1-3H3. The van der Waals surface area contributed by atoms with Crippen molar-refractivity contribution in [1.82, 2.24) is 3.94 Å². The van der Waals surface area contributed by atoms with Crippen LogP contribution in [0, 0.1) is 0 Å². The van der Waals surface area contributed by atoms with Gasteiger partial charge < -0.3 is 4.74 Å². The molecule has 0 unspecified atom stereocenters. The maximum absolute atomic E-state index is 10.8. The Labute approximate surface area is 82.8 Å². The van der Waals surface area contributed by atoms with Crippen LogP contribution in [-0.2, 0) is 9.53 Å². The number of carbonyl (C=O) groups is 1. The molecule has 0 aliphatic rings. The second-order valence-corrected chi connectivity index (χ2v) is 3.91. The van der Waals surface area contributed by atoms with Gasteiger partial charge in [-0.15, -0.1) is 3.94 Å². The summed E-state index contributed by atoms with van der Waals surface area (Å²) < 4.78 is 5.85. The monoisotopic (exact) mass is 213 g/mol. The summed E-state index contributed by atoms with van der Waals surface area (Å²) in [5, 5.41) is 0. The van der Waals surface area contributed by atoms with Crippen LogP contribution in [-0.4, -0.2) is 22.1 Å². The Hall–Kier alpha value is 0.01000. The molecule has 5 heteroatoms. The SMILES string of the molecule is CCC(=O)OCC(C)(C)N(Cl)Cl. The van der Waals surface area contributed by atoms with Gasteiger partial charge >= 0.3 is 5.97 Å². The molecule has 12 heavy (non-hydrogen) atoms. The smallest absolute Gasteiger partial charge is 0.305 e. The van der Waals surface area contributed by atoms with Gasteiger partial charge in [0.05, 0.1) is 5.54 Å². The fourth-order valence-electron chi connectivity index (χ4n) is 0.408. The van der Waals surface area contributed by atoms with Crippen molar-refractivity contribution in [2.24, 2.45) is 0 Å². The molecule has 0 heterocycles. The van der Waals surface area contributed by atoms with Crippen molar-refractivity contribution >= 4 is 29.5 Å². The van der Waals surface area contributed by atoms with Crippen molar-refractivity contribution in [2.75, 3.05) is 6.61 Å². The third-order valence-electron chi connectivity index (χ3n) is 1.33. The first-order chi connectivity index (χ1) is 5.40. The molecule has 0 fully saturated rings. The number of nitrogens with zero attached hydrogens (tertiary/aromatic N) is 1. The lowest BCUT2D eigenvalue weighted by atomic mass is 10.1. The highest BCUT2D eigenvalue weighted by Gasteiger charge is 2.26. The van der Waals surface area contributed by atoms with E-state index in [9.17, 15) is 4.79 Å². The molecule has 0 aromatic rings. The average molecular weight is 214 g/mol. The Morgan fingerprint density at radius 3 is 2.33 bits per heavy atom. The normalized spacial score (nSPS) is 11.8. The molecule has 72 valence electrons. The lowest BCUT2D eigenvalue weighted by molar-refractivity contribution is -0.145. The van der Waals surface area contributed by atoms with Gasteiger partial charge in [0.15, 0.2) is 0 Å². The first-order valence-corrected chi connectivity index (χ1v) is 4.35. The van der Waals surface area contributed by atoms with Crippen molar-refractivity contribution in [3.8, 4) is 0 Å². The molecule has 0 amide bonds. The topological polar surface area (TPSA) is 29.5 Å². The molecule has 0 saturated carbocycles. The third-order valence-corrected chi connectivity index (χ3v) is 2.25. The third kappa shape index (κ3) is 4.14. The highest BCUT2D eigenvalue weighted by atomic mass is 35.5. The van der Waals surface area contributed by atoms with Crippen LogP contribution in [0.15, 0.2) is 0 Å². The van der Waals surface area contributed by atoms with E-state index in [1.165, 1.54) is 0 Å². The molecule has 0 atom stereocenters. The van der Waals surface area contributed by atoms with Crippen LogP contribution in [0.3, 0.4) is 0 Å². The highest BCUT2D eigenvalue weighted by molar-refractivity contribution is 6.34. The summed E-state index contributed by atoms with van der Waals surface area (Å²) >= 11 is 11.0. The fraction of sp³-hybridized carbons (Fsp3) is 0.857. The maximum Gasteiger partial charge on any atom is 0.305 e. The van der Waals surface area contributed by atoms with Gasteiger partial charge in [-0.05, 0) is 37.4 Å². The predicted octanol–water partition coefficient (Wildman–Crippen LogP) is 2.33. The number of carbonyl (C=O) groups excluding carboxylic acids is 1. The highest BCUT2D eigenvalue weighted by Crippen LogP contribution is 2.19. The van der Waals surface area contributed by atoms with Crippen molar-refractivity contribution in [1.29, 1.82) is 0 Å². The lowest BCUT2D eigenvalue weighted by Gasteiger charge is -2.26. The summed E-state index contributed by atoms with van der Waals surface area (Å²) in [5.41, 5.74) is -0.548. The lowest BCUT2D eigenvalue weighted by Crippen LogP contribution is -2.37. The molecule has 0 spiro atoms. The fourth-order valence-corrected chi connectivity index (χ4v) is 0.506. The number of ether oxygens (including phenoxy) is 1. The van der Waals surface area contributed by atoms with Crippen molar-refractivity contribution in [3.63, 3.8) is 0 Å². The van der Waals surface area contributed by atoms with E-state index in [1.807, 2.05) is 0 Å². The van der Waals surface area contributed by atoms with Gasteiger partial charge in [0.25, 0.3) is 0 Å². The van der Waals surface area contributed by atoms with E-state index in [0.29, 0.717) is 6.42 Å². The Balaban J connectivity index is 3.83. The first kappa shape index (κ1) is 12.0. The first-order valence-electron chi connectivity index (χ1n) is 3.67. The number of rotatable bonds is 4. The quantitative estimate of drug-likeness (QED) is 0.531. The van der Waals surface area contributed by atoms with Crippen LogP contribution in [0.25, 0.3) is 0 Å². The minimum Gasteiger partial charge on any atom is -0.464 e. The zero-order valence-corrected chi connectivity index (χ0v) is 8.95. The Morgan fingerprint density at radius 1 is 1.50 bits per heavy atom. The average Bonchev–Trinajstić information content (AvgIpc) is 2.00. The van der Waals surface area contributed by atoms with Gasteiger partial charge in [-0.3, -0.25) is 4.79 Å². The molecule has 3 nitrogen and oxygen atoms in total. The van der Waals surface area contributed by atoms with Crippen LogP contribution in [0.5, 0.6) is 0 Å². The van der Waals surface area contributed by atoms with E-state index in [-0.39, 0.29) is 12.6 Å². The maximum atomic E-state index is 10.8. The number of esters is 1. The van der Waals surface area contributed by atoms with Crippen molar-refractivity contribution < 1.29 is 9.53 Å². The molecular weight excluding hydrogens is 201 g/mol. The van der Waals surface area contributed by atoms with Crippen LogP contribution in [0.1, 0.15) is 27.2 Å². The van der Waals surface area contributed by atoms with E-state index in [0.717, 1.165) is 3.94 Å². The van der Waals surface area contributed by atoms with Gasteiger partial charge in [-0.25, -0.2) is 0 Å². The molecule has 0 aromatic carbocycles. The van der Waals surface area contributed by atoms with Gasteiger partial charge in [-0.1, -0.05) is 6.92 Å². The second kappa shape index (κ2) is 4.90. The van der Waals surface area contributed by atoms with Gasteiger partial charge in [0.2, 0.25) is 0 Å². The van der Waals surface area contributed by atoms with Gasteiger partial charge in [0, 0.05) is 6.42 Å². The molecule has 0 rings (SSSR count). The van der Waals surface area contributed by atoms with Crippen molar-refractivity contribution in [2.45, 2.75) is 32.7 Å². The molecule has 0 aromatic heterocycles. The minimum absolute atomic E-state index is 0.187. The molecule has 0 aliphatic heterocycles. The van der Waals surface area contributed by atoms with E-state index in [1.54, 1.807) is 20.8 Å². The Bertz CT molecular complexity index is 159. The largest absolute Gasteiger partial charge is 0.464 e. The number of halogens is 2. The molecule has 0 radical (unpaired) electrons.